The Morgan fingerprint density at radius 1 is 1.26 bits per heavy atom. The van der Waals surface area contributed by atoms with Crippen LogP contribution in [0.3, 0.4) is 0 Å². The number of nitrogens with one attached hydrogen (secondary N) is 3. The molecule has 0 spiro atoms. The van der Waals surface area contributed by atoms with Crippen LogP contribution in [0.5, 0.6) is 0 Å². The number of aromatic nitrogens is 3. The van der Waals surface area contributed by atoms with E-state index < -0.39 is 23.6 Å². The normalized spacial score (nSPS) is 16.3. The lowest BCUT2D eigenvalue weighted by Crippen LogP contribution is -2.39. The van der Waals surface area contributed by atoms with E-state index in [0.29, 0.717) is 42.4 Å². The number of piperidine rings is 1. The minimum Gasteiger partial charge on any atom is -0.384 e. The van der Waals surface area contributed by atoms with Gasteiger partial charge in [-0.3, -0.25) is 19.4 Å². The summed E-state index contributed by atoms with van der Waals surface area (Å²) in [6.45, 7) is 3.11. The summed E-state index contributed by atoms with van der Waals surface area (Å²) in [4.78, 5) is 35.8. The molecule has 3 aromatic rings. The van der Waals surface area contributed by atoms with Crippen molar-refractivity contribution in [3.05, 3.63) is 59.8 Å². The summed E-state index contributed by atoms with van der Waals surface area (Å²) in [7, 11) is 1.08. The Kier molecular flexibility index (Phi) is 7.88. The molecule has 0 radical (unpaired) electrons. The Labute approximate surface area is 222 Å². The molecular weight excluding hydrogens is 513 g/mol. The second-order valence-electron chi connectivity index (χ2n) is 9.13. The second-order valence-corrected chi connectivity index (χ2v) is 9.13. The van der Waals surface area contributed by atoms with Crippen LogP contribution >= 0.6 is 0 Å². The predicted octanol–water partition coefficient (Wildman–Crippen LogP) is 3.47. The summed E-state index contributed by atoms with van der Waals surface area (Å²) >= 11 is 0. The lowest BCUT2D eigenvalue weighted by molar-refractivity contribution is -0.132. The summed E-state index contributed by atoms with van der Waals surface area (Å²) in [6.07, 6.45) is 1.33. The van der Waals surface area contributed by atoms with Crippen molar-refractivity contribution < 1.29 is 22.8 Å². The fraction of sp³-hybridized carbons (Fsp3) is 0.346. The molecule has 0 saturated carbocycles. The molecule has 3 heterocycles. The van der Waals surface area contributed by atoms with Gasteiger partial charge in [-0.25, -0.2) is 9.97 Å². The van der Waals surface area contributed by atoms with Crippen molar-refractivity contribution in [3.8, 4) is 11.3 Å². The number of nitrogens with zero attached hydrogens (tertiary/aromatic N) is 4. The van der Waals surface area contributed by atoms with Crippen LogP contribution in [0.4, 0.5) is 19.0 Å². The third-order valence-electron chi connectivity index (χ3n) is 6.58. The Hall–Kier alpha value is -4.42. The van der Waals surface area contributed by atoms with Crippen LogP contribution in [-0.2, 0) is 4.79 Å². The first-order valence-electron chi connectivity index (χ1n) is 12.4. The number of halogens is 3. The Morgan fingerprint density at radius 2 is 1.97 bits per heavy atom. The molecule has 1 fully saturated rings. The molecule has 13 heteroatoms. The molecule has 0 bridgehead atoms. The van der Waals surface area contributed by atoms with Crippen LogP contribution in [-0.4, -0.2) is 63.2 Å². The molecule has 1 atom stereocenters. The number of nitrogens with two attached hydrogens (primary N) is 1. The molecule has 4 rings (SSSR count). The SMILES string of the molecule is CCC(=O)N1CCCC(c2nc(-c3ccc(C(=O)NC(=N)/C=C(\NC)C(F)(F)F)cc3)c3c(N)nccn23)C1. The number of nitrogen functional groups attached to an aromatic ring is 1. The zero-order chi connectivity index (χ0) is 28.3. The van der Waals surface area contributed by atoms with E-state index in [2.05, 4.69) is 10.3 Å². The number of amidine groups is 1. The number of hydrogen-bond donors (Lipinski definition) is 4. The number of fused-ring (bicyclic) bond motifs is 1. The fourth-order valence-electron chi connectivity index (χ4n) is 4.66. The maximum absolute atomic E-state index is 12.9. The van der Waals surface area contributed by atoms with E-state index in [9.17, 15) is 22.8 Å². The zero-order valence-electron chi connectivity index (χ0n) is 21.5. The summed E-state index contributed by atoms with van der Waals surface area (Å²) < 4.78 is 40.6. The standard InChI is InChI=1S/C26H29F3N8O2/c1-3-20(38)36-11-4-5-17(14-36)24-35-21(22-23(31)33-10-12-37(22)24)15-6-8-16(9-7-15)25(39)34-19(30)13-18(32-2)26(27,28)29/h6-10,12-13,17,32H,3-5,11,14H2,1-2H3,(H2,31,33)(H2,30,34,39)/b18-13-. The number of alkyl halides is 3. The van der Waals surface area contributed by atoms with Crippen LogP contribution in [0.25, 0.3) is 16.8 Å². The number of hydrogen-bond acceptors (Lipinski definition) is 7. The average molecular weight is 543 g/mol. The van der Waals surface area contributed by atoms with Gasteiger partial charge in [-0.15, -0.1) is 0 Å². The minimum atomic E-state index is -4.68. The number of imidazole rings is 1. The molecular formula is C26H29F3N8O2. The molecule has 5 N–H and O–H groups in total. The number of carbonyl (C=O) groups excluding carboxylic acids is 2. The van der Waals surface area contributed by atoms with Crippen molar-refractivity contribution in [3.63, 3.8) is 0 Å². The fourth-order valence-corrected chi connectivity index (χ4v) is 4.66. The maximum Gasteiger partial charge on any atom is 0.431 e. The highest BCUT2D eigenvalue weighted by molar-refractivity contribution is 6.09. The Balaban J connectivity index is 1.60. The van der Waals surface area contributed by atoms with Crippen molar-refractivity contribution >= 4 is 29.0 Å². The molecule has 2 aromatic heterocycles. The van der Waals surface area contributed by atoms with Crippen molar-refractivity contribution in [2.45, 2.75) is 38.3 Å². The molecule has 10 nitrogen and oxygen atoms in total. The van der Waals surface area contributed by atoms with Crippen LogP contribution in [0.2, 0.25) is 0 Å². The molecule has 0 aliphatic carbocycles. The summed E-state index contributed by atoms with van der Waals surface area (Å²) in [5, 5.41) is 11.8. The highest BCUT2D eigenvalue weighted by Gasteiger charge is 2.33. The van der Waals surface area contributed by atoms with Gasteiger partial charge in [0.25, 0.3) is 5.91 Å². The Morgan fingerprint density at radius 3 is 2.62 bits per heavy atom. The molecule has 39 heavy (non-hydrogen) atoms. The molecule has 1 saturated heterocycles. The van der Waals surface area contributed by atoms with Crippen molar-refractivity contribution in [1.82, 2.24) is 29.9 Å². The van der Waals surface area contributed by atoms with Crippen LogP contribution in [0.1, 0.15) is 48.3 Å². The highest BCUT2D eigenvalue weighted by Crippen LogP contribution is 2.34. The number of anilines is 1. The van der Waals surface area contributed by atoms with Gasteiger partial charge in [0.2, 0.25) is 5.91 Å². The maximum atomic E-state index is 12.9. The summed E-state index contributed by atoms with van der Waals surface area (Å²) in [5.74, 6) is -0.316. The van der Waals surface area contributed by atoms with Gasteiger partial charge in [0.15, 0.2) is 0 Å². The van der Waals surface area contributed by atoms with Crippen molar-refractivity contribution in [1.29, 1.82) is 5.41 Å². The number of carbonyl (C=O) groups is 2. The van der Waals surface area contributed by atoms with Gasteiger partial charge in [-0.05, 0) is 25.0 Å². The minimum absolute atomic E-state index is 0.000572. The van der Waals surface area contributed by atoms with Crippen LogP contribution in [0, 0.1) is 5.41 Å². The van der Waals surface area contributed by atoms with Gasteiger partial charge < -0.3 is 21.3 Å². The number of amides is 2. The van der Waals surface area contributed by atoms with Crippen molar-refractivity contribution in [2.75, 3.05) is 25.9 Å². The van der Waals surface area contributed by atoms with E-state index in [4.69, 9.17) is 16.1 Å². The predicted molar refractivity (Wildman–Crippen MR) is 140 cm³/mol. The number of rotatable bonds is 6. The van der Waals surface area contributed by atoms with Crippen molar-refractivity contribution in [2.24, 2.45) is 0 Å². The average Bonchev–Trinajstić information content (AvgIpc) is 3.32. The van der Waals surface area contributed by atoms with E-state index >= 15 is 0 Å². The molecule has 1 unspecified atom stereocenters. The highest BCUT2D eigenvalue weighted by atomic mass is 19.4. The molecule has 1 aliphatic rings. The quantitative estimate of drug-likeness (QED) is 0.278. The third kappa shape index (κ3) is 5.86. The third-order valence-corrected chi connectivity index (χ3v) is 6.58. The van der Waals surface area contributed by atoms with Gasteiger partial charge >= 0.3 is 6.18 Å². The first kappa shape index (κ1) is 27.6. The number of allylic oxidation sites excluding steroid dienone is 1. The molecule has 1 aromatic carbocycles. The Bertz CT molecular complexity index is 1430. The van der Waals surface area contributed by atoms with E-state index in [1.54, 1.807) is 24.5 Å². The van der Waals surface area contributed by atoms with Gasteiger partial charge in [0, 0.05) is 62.1 Å². The monoisotopic (exact) mass is 542 g/mol. The summed E-state index contributed by atoms with van der Waals surface area (Å²) in [5.41, 5.74) is 7.03. The zero-order valence-corrected chi connectivity index (χ0v) is 21.5. The second kappa shape index (κ2) is 11.1. The van der Waals surface area contributed by atoms with Crippen LogP contribution in [0.15, 0.2) is 48.4 Å². The molecule has 206 valence electrons. The molecule has 2 amide bonds. The largest absolute Gasteiger partial charge is 0.431 e. The lowest BCUT2D eigenvalue weighted by Gasteiger charge is -2.32. The van der Waals surface area contributed by atoms with Gasteiger partial charge in [0.1, 0.15) is 34.4 Å². The van der Waals surface area contributed by atoms with E-state index in [-0.39, 0.29) is 23.2 Å². The topological polar surface area (TPSA) is 142 Å². The molecule has 1 aliphatic heterocycles. The number of benzene rings is 1. The van der Waals surface area contributed by atoms with Gasteiger partial charge in [-0.2, -0.15) is 13.2 Å². The lowest BCUT2D eigenvalue weighted by atomic mass is 9.97. The van der Waals surface area contributed by atoms with Gasteiger partial charge in [0.05, 0.1) is 0 Å². The van der Waals surface area contributed by atoms with E-state index in [1.807, 2.05) is 21.5 Å². The number of likely N-dealkylation sites (tertiary alicyclic amines) is 1. The van der Waals surface area contributed by atoms with E-state index in [1.165, 1.54) is 12.1 Å². The van der Waals surface area contributed by atoms with E-state index in [0.717, 1.165) is 25.7 Å². The first-order chi connectivity index (χ1) is 18.5. The van der Waals surface area contributed by atoms with Crippen LogP contribution < -0.4 is 16.4 Å². The summed E-state index contributed by atoms with van der Waals surface area (Å²) in [6, 6.07) is 6.28. The smallest absolute Gasteiger partial charge is 0.384 e. The van der Waals surface area contributed by atoms with Gasteiger partial charge in [-0.1, -0.05) is 19.1 Å². The first-order valence-corrected chi connectivity index (χ1v) is 12.4.